The summed E-state index contributed by atoms with van der Waals surface area (Å²) >= 11 is 9.41. The largest absolute Gasteiger partial charge is 0.333 e. The minimum Gasteiger partial charge on any atom is -0.333 e. The molecule has 7 nitrogen and oxygen atoms in total. The smallest absolute Gasteiger partial charge is 0.273 e. The van der Waals surface area contributed by atoms with Crippen LogP contribution in [0.5, 0.6) is 0 Å². The summed E-state index contributed by atoms with van der Waals surface area (Å²) in [7, 11) is 0. The van der Waals surface area contributed by atoms with Crippen molar-refractivity contribution in [3.63, 3.8) is 0 Å². The van der Waals surface area contributed by atoms with Gasteiger partial charge in [0.25, 0.3) is 5.91 Å². The van der Waals surface area contributed by atoms with Gasteiger partial charge in [-0.3, -0.25) is 14.3 Å². The van der Waals surface area contributed by atoms with E-state index in [1.807, 2.05) is 101 Å². The molecule has 0 saturated heterocycles. The number of carbonyl (C=O) groups is 1. The monoisotopic (exact) mass is 636 g/mol. The molecule has 0 bridgehead atoms. The van der Waals surface area contributed by atoms with E-state index in [2.05, 4.69) is 27.3 Å². The molecule has 3 aromatic heterocycles. The van der Waals surface area contributed by atoms with Crippen LogP contribution in [0, 0.1) is 6.92 Å². The predicted molar refractivity (Wildman–Crippen MR) is 177 cm³/mol. The first kappa shape index (κ1) is 29.7. The van der Waals surface area contributed by atoms with E-state index < -0.39 is 0 Å². The Hall–Kier alpha value is -4.31. The molecule has 3 aromatic carbocycles. The third-order valence-corrected chi connectivity index (χ3v) is 9.30. The van der Waals surface area contributed by atoms with E-state index in [1.54, 1.807) is 12.4 Å². The summed E-state index contributed by atoms with van der Waals surface area (Å²) < 4.78 is 2.02. The van der Waals surface area contributed by atoms with Crippen LogP contribution in [0.4, 0.5) is 0 Å². The third-order valence-electron chi connectivity index (χ3n) is 7.10. The number of aromatic nitrogens is 5. The number of halogens is 1. The van der Waals surface area contributed by atoms with Gasteiger partial charge in [-0.25, -0.2) is 4.98 Å². The summed E-state index contributed by atoms with van der Waals surface area (Å²) in [5.41, 5.74) is 5.58. The molecular weight excluding hydrogens is 608 g/mol. The van der Waals surface area contributed by atoms with Crippen LogP contribution in [0.15, 0.2) is 114 Å². The Bertz CT molecular complexity index is 1840. The van der Waals surface area contributed by atoms with Crippen LogP contribution in [0.25, 0.3) is 17.1 Å². The van der Waals surface area contributed by atoms with Crippen molar-refractivity contribution in [3.05, 3.63) is 141 Å². The molecule has 220 valence electrons. The van der Waals surface area contributed by atoms with Crippen LogP contribution in [-0.4, -0.2) is 42.1 Å². The number of pyridine rings is 1. The Morgan fingerprint density at radius 2 is 1.66 bits per heavy atom. The molecule has 3 heterocycles. The maximum absolute atomic E-state index is 13.7. The lowest BCUT2D eigenvalue weighted by Crippen LogP contribution is -2.32. The molecule has 10 heteroatoms. The van der Waals surface area contributed by atoms with E-state index in [4.69, 9.17) is 16.6 Å². The topological polar surface area (TPSA) is 76.8 Å². The number of aryl methyl sites for hydroxylation is 1. The summed E-state index contributed by atoms with van der Waals surface area (Å²) in [5, 5.41) is 13.1. The van der Waals surface area contributed by atoms with Gasteiger partial charge < -0.3 is 4.90 Å². The van der Waals surface area contributed by atoms with Gasteiger partial charge in [-0.15, -0.1) is 21.5 Å². The fourth-order valence-electron chi connectivity index (χ4n) is 4.82. The van der Waals surface area contributed by atoms with Gasteiger partial charge in [-0.05, 0) is 54.3 Å². The SMILES string of the molecule is Cc1ccc(Cl)cc1-n1c(SCc2nc(C(=O)N(CCc3ccccc3)Cc3ccccc3)cs2)nnc1-c1ccncc1. The number of rotatable bonds is 11. The Morgan fingerprint density at radius 3 is 2.41 bits per heavy atom. The summed E-state index contributed by atoms with van der Waals surface area (Å²) in [4.78, 5) is 24.5. The number of hydrogen-bond acceptors (Lipinski definition) is 7. The van der Waals surface area contributed by atoms with Gasteiger partial charge in [0, 0.05) is 41.4 Å². The van der Waals surface area contributed by atoms with Gasteiger partial charge in [0.1, 0.15) is 10.7 Å². The quantitative estimate of drug-likeness (QED) is 0.134. The zero-order valence-corrected chi connectivity index (χ0v) is 26.4. The lowest BCUT2D eigenvalue weighted by Gasteiger charge is -2.22. The van der Waals surface area contributed by atoms with Gasteiger partial charge in [0.2, 0.25) is 0 Å². The number of hydrogen-bond donors (Lipinski definition) is 0. The fourth-order valence-corrected chi connectivity index (χ4v) is 6.72. The molecule has 0 saturated carbocycles. The molecule has 6 rings (SSSR count). The Labute approximate surface area is 269 Å². The summed E-state index contributed by atoms with van der Waals surface area (Å²) in [6, 6.07) is 29.9. The highest BCUT2D eigenvalue weighted by atomic mass is 35.5. The predicted octanol–water partition coefficient (Wildman–Crippen LogP) is 7.93. The Kier molecular flexibility index (Phi) is 9.45. The minimum absolute atomic E-state index is 0.0741. The van der Waals surface area contributed by atoms with E-state index in [9.17, 15) is 4.79 Å². The van der Waals surface area contributed by atoms with Crippen LogP contribution in [0.3, 0.4) is 0 Å². The lowest BCUT2D eigenvalue weighted by atomic mass is 10.1. The molecule has 0 spiro atoms. The summed E-state index contributed by atoms with van der Waals surface area (Å²) in [6.07, 6.45) is 4.24. The number of amides is 1. The number of thioether (sulfide) groups is 1. The Balaban J connectivity index is 1.22. The molecule has 0 unspecified atom stereocenters. The first-order valence-electron chi connectivity index (χ1n) is 14.1. The minimum atomic E-state index is -0.0741. The molecule has 44 heavy (non-hydrogen) atoms. The van der Waals surface area contributed by atoms with E-state index >= 15 is 0 Å². The Morgan fingerprint density at radius 1 is 0.932 bits per heavy atom. The number of thiazole rings is 1. The van der Waals surface area contributed by atoms with Gasteiger partial charge in [0.15, 0.2) is 11.0 Å². The van der Waals surface area contributed by atoms with Crippen molar-refractivity contribution in [1.82, 2.24) is 29.6 Å². The molecule has 6 aromatic rings. The standard InChI is InChI=1S/C34H29ClN6OS2/c1-24-12-13-28(35)20-30(24)41-32(27-14-17-36-18-15-27)38-39-34(41)44-23-31-37-29(22-43-31)33(42)40(21-26-10-6-3-7-11-26)19-16-25-8-4-2-5-9-25/h2-15,17-18,20,22H,16,19,21,23H2,1H3. The van der Waals surface area contributed by atoms with Gasteiger partial charge in [-0.1, -0.05) is 90.1 Å². The van der Waals surface area contributed by atoms with Crippen molar-refractivity contribution in [2.75, 3.05) is 6.54 Å². The van der Waals surface area contributed by atoms with Crippen molar-refractivity contribution in [1.29, 1.82) is 0 Å². The highest BCUT2D eigenvalue weighted by Gasteiger charge is 2.21. The average molecular weight is 637 g/mol. The van der Waals surface area contributed by atoms with Gasteiger partial charge in [0.05, 0.1) is 11.4 Å². The number of benzene rings is 3. The molecule has 0 atom stereocenters. The maximum Gasteiger partial charge on any atom is 0.273 e. The molecular formula is C34H29ClN6OS2. The molecule has 0 radical (unpaired) electrons. The molecule has 0 fully saturated rings. The second kappa shape index (κ2) is 14.0. The fraction of sp³-hybridized carbons (Fsp3) is 0.147. The second-order valence-electron chi connectivity index (χ2n) is 10.2. The summed E-state index contributed by atoms with van der Waals surface area (Å²) in [5.74, 6) is 1.16. The van der Waals surface area contributed by atoms with Gasteiger partial charge in [-0.2, -0.15) is 0 Å². The van der Waals surface area contributed by atoms with Crippen LogP contribution >= 0.6 is 34.7 Å². The van der Waals surface area contributed by atoms with Gasteiger partial charge >= 0.3 is 0 Å². The molecule has 0 aliphatic carbocycles. The highest BCUT2D eigenvalue weighted by Crippen LogP contribution is 2.32. The zero-order valence-electron chi connectivity index (χ0n) is 24.0. The van der Waals surface area contributed by atoms with Crippen LogP contribution in [0.2, 0.25) is 5.02 Å². The highest BCUT2D eigenvalue weighted by molar-refractivity contribution is 7.98. The van der Waals surface area contributed by atoms with Crippen molar-refractivity contribution >= 4 is 40.6 Å². The van der Waals surface area contributed by atoms with E-state index in [1.165, 1.54) is 28.7 Å². The maximum atomic E-state index is 13.7. The molecule has 0 N–H and O–H groups in total. The van der Waals surface area contributed by atoms with Crippen LogP contribution in [0.1, 0.15) is 32.2 Å². The second-order valence-corrected chi connectivity index (χ2v) is 12.5. The normalized spacial score (nSPS) is 11.0. The number of carbonyl (C=O) groups excluding carboxylic acids is 1. The van der Waals surface area contributed by atoms with Crippen molar-refractivity contribution in [2.45, 2.75) is 30.8 Å². The van der Waals surface area contributed by atoms with Crippen molar-refractivity contribution in [3.8, 4) is 17.1 Å². The first-order chi connectivity index (χ1) is 21.5. The summed E-state index contributed by atoms with van der Waals surface area (Å²) in [6.45, 7) is 3.15. The van der Waals surface area contributed by atoms with Crippen molar-refractivity contribution < 1.29 is 4.79 Å². The molecule has 1 amide bonds. The third kappa shape index (κ3) is 7.07. The molecule has 0 aliphatic rings. The first-order valence-corrected chi connectivity index (χ1v) is 16.4. The zero-order chi connectivity index (χ0) is 30.3. The van der Waals surface area contributed by atoms with Crippen molar-refractivity contribution in [2.24, 2.45) is 0 Å². The number of nitrogens with zero attached hydrogens (tertiary/aromatic N) is 6. The van der Waals surface area contributed by atoms with E-state index in [-0.39, 0.29) is 5.91 Å². The van der Waals surface area contributed by atoms with Crippen LogP contribution in [-0.2, 0) is 18.7 Å². The average Bonchev–Trinajstić information content (AvgIpc) is 3.72. The lowest BCUT2D eigenvalue weighted by molar-refractivity contribution is 0.0740. The van der Waals surface area contributed by atoms with Crippen LogP contribution < -0.4 is 0 Å². The van der Waals surface area contributed by atoms with E-state index in [0.717, 1.165) is 33.8 Å². The molecule has 0 aliphatic heterocycles. The van der Waals surface area contributed by atoms with E-state index in [0.29, 0.717) is 40.5 Å².